The van der Waals surface area contributed by atoms with Crippen LogP contribution < -0.4 is 5.73 Å². The van der Waals surface area contributed by atoms with Crippen LogP contribution in [0.2, 0.25) is 0 Å². The Hall–Kier alpha value is -0.940. The van der Waals surface area contributed by atoms with Gasteiger partial charge in [-0.1, -0.05) is 24.9 Å². The minimum Gasteiger partial charge on any atom is -0.381 e. The average Bonchev–Trinajstić information content (AvgIpc) is 2.98. The zero-order chi connectivity index (χ0) is 14.0. The number of hydrogen-bond donors (Lipinski definition) is 1. The molecule has 2 fully saturated rings. The molecule has 1 saturated carbocycles. The first kappa shape index (κ1) is 14.0. The summed E-state index contributed by atoms with van der Waals surface area (Å²) in [5, 5.41) is 4.26. The molecule has 112 valence electrons. The second-order valence-electron chi connectivity index (χ2n) is 6.52. The molecule has 3 rings (SSSR count). The lowest BCUT2D eigenvalue weighted by Crippen LogP contribution is -2.41. The summed E-state index contributed by atoms with van der Waals surface area (Å²) in [4.78, 5) is 4.72. The van der Waals surface area contributed by atoms with Crippen LogP contribution in [-0.4, -0.2) is 29.9 Å². The Morgan fingerprint density at radius 3 is 2.80 bits per heavy atom. The molecule has 0 spiro atoms. The standard InChI is InChI=1S/C15H25N3O2/c1-11-3-2-4-12(9-11)13-17-14(20-18-13)15(10-16)5-7-19-8-6-15/h11-12H,2-10,16H2,1H3. The minimum atomic E-state index is -0.163. The molecule has 1 saturated heterocycles. The molecule has 2 N–H and O–H groups in total. The lowest BCUT2D eigenvalue weighted by Gasteiger charge is -2.32. The number of ether oxygens (including phenoxy) is 1. The molecule has 0 bridgehead atoms. The summed E-state index contributed by atoms with van der Waals surface area (Å²) in [6.07, 6.45) is 6.72. The SMILES string of the molecule is CC1CCCC(c2noc(C3(CN)CCOCC3)n2)C1. The smallest absolute Gasteiger partial charge is 0.234 e. The van der Waals surface area contributed by atoms with Crippen molar-refractivity contribution >= 4 is 0 Å². The first-order valence-corrected chi connectivity index (χ1v) is 7.85. The van der Waals surface area contributed by atoms with Crippen LogP contribution in [0.4, 0.5) is 0 Å². The summed E-state index contributed by atoms with van der Waals surface area (Å²) in [6.45, 7) is 4.33. The molecule has 2 atom stereocenters. The number of rotatable bonds is 3. The summed E-state index contributed by atoms with van der Waals surface area (Å²) in [5.74, 6) is 2.86. The van der Waals surface area contributed by atoms with Gasteiger partial charge in [-0.25, -0.2) is 0 Å². The van der Waals surface area contributed by atoms with Gasteiger partial charge in [0.25, 0.3) is 0 Å². The van der Waals surface area contributed by atoms with Crippen LogP contribution in [0.1, 0.15) is 63.1 Å². The zero-order valence-corrected chi connectivity index (χ0v) is 12.3. The van der Waals surface area contributed by atoms with Gasteiger partial charge in [0.2, 0.25) is 5.89 Å². The maximum absolute atomic E-state index is 6.00. The fourth-order valence-electron chi connectivity index (χ4n) is 3.55. The van der Waals surface area contributed by atoms with E-state index in [1.807, 2.05) is 0 Å². The predicted molar refractivity (Wildman–Crippen MR) is 75.5 cm³/mol. The van der Waals surface area contributed by atoms with Gasteiger partial charge in [-0.2, -0.15) is 4.98 Å². The van der Waals surface area contributed by atoms with Gasteiger partial charge in [-0.3, -0.25) is 0 Å². The molecule has 2 heterocycles. The summed E-state index contributed by atoms with van der Waals surface area (Å²) in [5.41, 5.74) is 5.83. The quantitative estimate of drug-likeness (QED) is 0.919. The van der Waals surface area contributed by atoms with E-state index < -0.39 is 0 Å². The van der Waals surface area contributed by atoms with Gasteiger partial charge in [-0.15, -0.1) is 0 Å². The van der Waals surface area contributed by atoms with Crippen molar-refractivity contribution in [2.24, 2.45) is 11.7 Å². The van der Waals surface area contributed by atoms with E-state index in [9.17, 15) is 0 Å². The summed E-state index contributed by atoms with van der Waals surface area (Å²) >= 11 is 0. The third kappa shape index (κ3) is 2.61. The molecule has 20 heavy (non-hydrogen) atoms. The number of hydrogen-bond acceptors (Lipinski definition) is 5. The van der Waals surface area contributed by atoms with Crippen LogP contribution in [0.3, 0.4) is 0 Å². The van der Waals surface area contributed by atoms with E-state index >= 15 is 0 Å². The third-order valence-electron chi connectivity index (χ3n) is 5.04. The molecule has 0 amide bonds. The molecule has 5 heteroatoms. The fraction of sp³-hybridized carbons (Fsp3) is 0.867. The fourth-order valence-corrected chi connectivity index (χ4v) is 3.55. The highest BCUT2D eigenvalue weighted by molar-refractivity contribution is 5.09. The zero-order valence-electron chi connectivity index (χ0n) is 12.3. The maximum Gasteiger partial charge on any atom is 0.234 e. The van der Waals surface area contributed by atoms with Gasteiger partial charge in [0, 0.05) is 25.7 Å². The molecule has 2 aliphatic rings. The van der Waals surface area contributed by atoms with Gasteiger partial charge in [0.05, 0.1) is 5.41 Å². The normalized spacial score (nSPS) is 30.3. The van der Waals surface area contributed by atoms with Gasteiger partial charge >= 0.3 is 0 Å². The van der Waals surface area contributed by atoms with Gasteiger partial charge in [-0.05, 0) is 31.6 Å². The van der Waals surface area contributed by atoms with Crippen LogP contribution in [0.15, 0.2) is 4.52 Å². The first-order chi connectivity index (χ1) is 9.73. The predicted octanol–water partition coefficient (Wildman–Crippen LogP) is 2.37. The Morgan fingerprint density at radius 1 is 1.30 bits per heavy atom. The number of aromatic nitrogens is 2. The molecule has 1 aromatic heterocycles. The Morgan fingerprint density at radius 2 is 2.10 bits per heavy atom. The average molecular weight is 279 g/mol. The lowest BCUT2D eigenvalue weighted by molar-refractivity contribution is 0.0409. The molecule has 0 radical (unpaired) electrons. The highest BCUT2D eigenvalue weighted by atomic mass is 16.5. The topological polar surface area (TPSA) is 74.2 Å². The summed E-state index contributed by atoms with van der Waals surface area (Å²) in [7, 11) is 0. The van der Waals surface area contributed by atoms with Crippen LogP contribution in [0.25, 0.3) is 0 Å². The second kappa shape index (κ2) is 5.82. The maximum atomic E-state index is 6.00. The second-order valence-corrected chi connectivity index (χ2v) is 6.52. The molecular weight excluding hydrogens is 254 g/mol. The van der Waals surface area contributed by atoms with Gasteiger partial charge < -0.3 is 15.0 Å². The Kier molecular flexibility index (Phi) is 4.08. The summed E-state index contributed by atoms with van der Waals surface area (Å²) < 4.78 is 11.0. The van der Waals surface area contributed by atoms with Crippen LogP contribution in [0, 0.1) is 5.92 Å². The Balaban J connectivity index is 1.78. The van der Waals surface area contributed by atoms with Crippen molar-refractivity contribution in [3.05, 3.63) is 11.7 Å². The highest BCUT2D eigenvalue weighted by Crippen LogP contribution is 2.37. The van der Waals surface area contributed by atoms with Crippen LogP contribution in [0.5, 0.6) is 0 Å². The van der Waals surface area contributed by atoms with Gasteiger partial charge in [0.15, 0.2) is 5.82 Å². The molecule has 1 aliphatic carbocycles. The molecule has 1 aliphatic heterocycles. The van der Waals surface area contributed by atoms with Crippen molar-refractivity contribution < 1.29 is 9.26 Å². The summed E-state index contributed by atoms with van der Waals surface area (Å²) in [6, 6.07) is 0. The Bertz CT molecular complexity index is 440. The van der Waals surface area contributed by atoms with Gasteiger partial charge in [0.1, 0.15) is 0 Å². The number of nitrogens with zero attached hydrogens (tertiary/aromatic N) is 2. The van der Waals surface area contributed by atoms with Crippen LogP contribution >= 0.6 is 0 Å². The van der Waals surface area contributed by atoms with Crippen molar-refractivity contribution in [2.45, 2.75) is 56.8 Å². The van der Waals surface area contributed by atoms with E-state index in [0.29, 0.717) is 12.5 Å². The molecule has 2 unspecified atom stereocenters. The van der Waals surface area contributed by atoms with E-state index in [1.165, 1.54) is 25.7 Å². The largest absolute Gasteiger partial charge is 0.381 e. The first-order valence-electron chi connectivity index (χ1n) is 7.85. The lowest BCUT2D eigenvalue weighted by atomic mass is 9.80. The van der Waals surface area contributed by atoms with Crippen molar-refractivity contribution in [2.75, 3.05) is 19.8 Å². The molecule has 1 aromatic rings. The van der Waals surface area contributed by atoms with E-state index in [4.69, 9.17) is 20.0 Å². The van der Waals surface area contributed by atoms with E-state index in [0.717, 1.165) is 43.7 Å². The van der Waals surface area contributed by atoms with Crippen LogP contribution in [-0.2, 0) is 10.2 Å². The van der Waals surface area contributed by atoms with Crippen molar-refractivity contribution in [3.8, 4) is 0 Å². The third-order valence-corrected chi connectivity index (χ3v) is 5.04. The molecular formula is C15H25N3O2. The van der Waals surface area contributed by atoms with Crippen molar-refractivity contribution in [1.29, 1.82) is 0 Å². The van der Waals surface area contributed by atoms with E-state index in [-0.39, 0.29) is 5.41 Å². The molecule has 5 nitrogen and oxygen atoms in total. The Labute approximate surface area is 120 Å². The number of nitrogens with two attached hydrogens (primary N) is 1. The van der Waals surface area contributed by atoms with E-state index in [2.05, 4.69) is 12.1 Å². The van der Waals surface area contributed by atoms with Crippen molar-refractivity contribution in [3.63, 3.8) is 0 Å². The highest BCUT2D eigenvalue weighted by Gasteiger charge is 2.39. The minimum absolute atomic E-state index is 0.163. The van der Waals surface area contributed by atoms with Crippen molar-refractivity contribution in [1.82, 2.24) is 10.1 Å². The van der Waals surface area contributed by atoms with E-state index in [1.54, 1.807) is 0 Å². The monoisotopic (exact) mass is 279 g/mol. The molecule has 0 aromatic carbocycles.